The van der Waals surface area contributed by atoms with Gasteiger partial charge in [0.25, 0.3) is 0 Å². The first-order chi connectivity index (χ1) is 14.1. The minimum Gasteiger partial charge on any atom is -0.481 e. The molecule has 0 aliphatic rings. The molecule has 1 N–H and O–H groups in total. The molecule has 0 saturated heterocycles. The maximum absolute atomic E-state index is 11.8. The molecule has 0 unspecified atom stereocenters. The van der Waals surface area contributed by atoms with Gasteiger partial charge in [0, 0.05) is 23.2 Å². The first-order valence-electron chi connectivity index (χ1n) is 8.90. The van der Waals surface area contributed by atoms with Gasteiger partial charge in [-0.2, -0.15) is 5.10 Å². The topological polar surface area (TPSA) is 77.2 Å². The van der Waals surface area contributed by atoms with E-state index < -0.39 is 5.97 Å². The van der Waals surface area contributed by atoms with Gasteiger partial charge in [0.2, 0.25) is 5.88 Å². The van der Waals surface area contributed by atoms with Crippen LogP contribution in [0.5, 0.6) is 5.88 Å². The number of ether oxygens (including phenoxy) is 1. The minimum atomic E-state index is -1.01. The molecule has 142 valence electrons. The molecule has 29 heavy (non-hydrogen) atoms. The summed E-state index contributed by atoms with van der Waals surface area (Å²) in [5, 5.41) is 14.8. The summed E-state index contributed by atoms with van der Waals surface area (Å²) in [6.45, 7) is 1.74. The highest BCUT2D eigenvalue weighted by Gasteiger charge is 2.17. The van der Waals surface area contributed by atoms with Crippen LogP contribution in [0.2, 0.25) is 0 Å². The fraction of sp³-hybridized carbons (Fsp3) is 0.0870. The van der Waals surface area contributed by atoms with Gasteiger partial charge in [0.1, 0.15) is 0 Å². The van der Waals surface area contributed by atoms with Crippen molar-refractivity contribution in [2.45, 2.75) is 6.92 Å². The van der Waals surface area contributed by atoms with Crippen LogP contribution in [-0.2, 0) is 0 Å². The maximum Gasteiger partial charge on any atom is 0.337 e. The number of carboxylic acids is 1. The molecule has 0 fully saturated rings. The van der Waals surface area contributed by atoms with E-state index in [-0.39, 0.29) is 5.56 Å². The number of carbonyl (C=O) groups is 1. The van der Waals surface area contributed by atoms with E-state index in [9.17, 15) is 9.90 Å². The summed E-state index contributed by atoms with van der Waals surface area (Å²) in [5.41, 5.74) is 4.17. The lowest BCUT2D eigenvalue weighted by Gasteiger charge is -2.09. The van der Waals surface area contributed by atoms with E-state index in [1.165, 1.54) is 0 Å². The molecule has 0 bridgehead atoms. The van der Waals surface area contributed by atoms with Crippen molar-refractivity contribution in [3.63, 3.8) is 0 Å². The van der Waals surface area contributed by atoms with Crippen LogP contribution in [0.4, 0.5) is 0 Å². The van der Waals surface area contributed by atoms with Crippen LogP contribution >= 0.6 is 0 Å². The van der Waals surface area contributed by atoms with Crippen LogP contribution in [0.15, 0.2) is 60.9 Å². The zero-order valence-corrected chi connectivity index (χ0v) is 15.9. The summed E-state index contributed by atoms with van der Waals surface area (Å²) in [6.07, 6.45) is 3.35. The number of hydrogen-bond donors (Lipinski definition) is 1. The molecule has 4 aromatic rings. The molecule has 0 atom stereocenters. The lowest BCUT2D eigenvalue weighted by atomic mass is 10.0. The number of aromatic carboxylic acids is 1. The second-order valence-corrected chi connectivity index (χ2v) is 6.29. The molecule has 4 rings (SSSR count). The van der Waals surface area contributed by atoms with Gasteiger partial charge in [-0.3, -0.25) is 0 Å². The Bertz CT molecular complexity index is 1280. The molecule has 2 aromatic heterocycles. The van der Waals surface area contributed by atoms with Gasteiger partial charge in [-0.1, -0.05) is 18.1 Å². The summed E-state index contributed by atoms with van der Waals surface area (Å²) in [5.74, 6) is 5.40. The van der Waals surface area contributed by atoms with E-state index in [1.807, 2.05) is 36.4 Å². The van der Waals surface area contributed by atoms with Crippen LogP contribution in [0, 0.1) is 11.8 Å². The molecule has 6 heteroatoms. The molecule has 0 amide bonds. The second-order valence-electron chi connectivity index (χ2n) is 6.29. The number of rotatable bonds is 4. The smallest absolute Gasteiger partial charge is 0.337 e. The third kappa shape index (κ3) is 3.30. The number of benzene rings is 2. The zero-order chi connectivity index (χ0) is 20.4. The van der Waals surface area contributed by atoms with Crippen LogP contribution in [0.3, 0.4) is 0 Å². The second kappa shape index (κ2) is 7.49. The highest BCUT2D eigenvalue weighted by molar-refractivity contribution is 6.04. The molecule has 0 spiro atoms. The number of carboxylic acid groups (broad SMARTS) is 1. The Labute approximate surface area is 167 Å². The van der Waals surface area contributed by atoms with Crippen molar-refractivity contribution in [1.29, 1.82) is 0 Å². The summed E-state index contributed by atoms with van der Waals surface area (Å²) in [7, 11) is 1.58. The van der Waals surface area contributed by atoms with Crippen LogP contribution < -0.4 is 4.74 Å². The quantitative estimate of drug-likeness (QED) is 0.535. The highest BCUT2D eigenvalue weighted by atomic mass is 16.5. The maximum atomic E-state index is 11.8. The summed E-state index contributed by atoms with van der Waals surface area (Å²) >= 11 is 0. The zero-order valence-electron chi connectivity index (χ0n) is 15.9. The lowest BCUT2D eigenvalue weighted by Crippen LogP contribution is -2.04. The largest absolute Gasteiger partial charge is 0.481 e. The Kier molecular flexibility index (Phi) is 4.71. The van der Waals surface area contributed by atoms with Crippen molar-refractivity contribution in [3.8, 4) is 34.5 Å². The van der Waals surface area contributed by atoms with Gasteiger partial charge in [0.05, 0.1) is 30.1 Å². The average molecular weight is 383 g/mol. The monoisotopic (exact) mass is 383 g/mol. The summed E-state index contributed by atoms with van der Waals surface area (Å²) in [4.78, 5) is 15.9. The van der Waals surface area contributed by atoms with Gasteiger partial charge in [0.15, 0.2) is 0 Å². The van der Waals surface area contributed by atoms with Crippen molar-refractivity contribution in [1.82, 2.24) is 14.8 Å². The van der Waals surface area contributed by atoms with Gasteiger partial charge >= 0.3 is 5.97 Å². The normalized spacial score (nSPS) is 10.4. The van der Waals surface area contributed by atoms with Gasteiger partial charge in [-0.25, -0.2) is 14.5 Å². The minimum absolute atomic E-state index is 0.182. The Balaban J connectivity index is 1.83. The third-order valence-corrected chi connectivity index (χ3v) is 4.61. The van der Waals surface area contributed by atoms with Crippen molar-refractivity contribution < 1.29 is 14.6 Å². The molecule has 2 aromatic carbocycles. The van der Waals surface area contributed by atoms with Crippen molar-refractivity contribution in [3.05, 3.63) is 72.1 Å². The van der Waals surface area contributed by atoms with Gasteiger partial charge < -0.3 is 9.84 Å². The number of fused-ring (bicyclic) bond motifs is 1. The standard InChI is InChI=1S/C23H17N3O3/c1-3-4-16-7-10-19(23(27)28)22-20(16)14-25-26(22)18-8-5-15(6-9-18)17-11-12-24-21(13-17)29-2/h5-14H,1-2H3,(H,27,28). The first kappa shape index (κ1) is 18.3. The third-order valence-electron chi connectivity index (χ3n) is 4.61. The van der Waals surface area contributed by atoms with Gasteiger partial charge in [-0.05, 0) is 48.4 Å². The Morgan fingerprint density at radius 3 is 2.59 bits per heavy atom. The van der Waals surface area contributed by atoms with E-state index in [4.69, 9.17) is 4.74 Å². The van der Waals surface area contributed by atoms with E-state index in [0.717, 1.165) is 22.4 Å². The first-order valence-corrected chi connectivity index (χ1v) is 8.90. The number of hydrogen-bond acceptors (Lipinski definition) is 4. The molecule has 6 nitrogen and oxygen atoms in total. The van der Waals surface area contributed by atoms with Crippen molar-refractivity contribution in [2.24, 2.45) is 0 Å². The lowest BCUT2D eigenvalue weighted by molar-refractivity contribution is 0.0698. The summed E-state index contributed by atoms with van der Waals surface area (Å²) < 4.78 is 6.82. The SMILES string of the molecule is CC#Cc1ccc(C(=O)O)c2c1cnn2-c1ccc(-c2ccnc(OC)c2)cc1. The Morgan fingerprint density at radius 2 is 1.90 bits per heavy atom. The number of pyridine rings is 1. The van der Waals surface area contributed by atoms with Crippen LogP contribution in [-0.4, -0.2) is 33.0 Å². The van der Waals surface area contributed by atoms with Gasteiger partial charge in [-0.15, -0.1) is 5.92 Å². The Hall–Kier alpha value is -4.11. The average Bonchev–Trinajstić information content (AvgIpc) is 3.19. The van der Waals surface area contributed by atoms with Crippen LogP contribution in [0.25, 0.3) is 27.7 Å². The molecule has 0 saturated carbocycles. The molecule has 2 heterocycles. The van der Waals surface area contributed by atoms with E-state index in [1.54, 1.807) is 43.2 Å². The van der Waals surface area contributed by atoms with E-state index in [2.05, 4.69) is 21.9 Å². The fourth-order valence-electron chi connectivity index (χ4n) is 3.25. The Morgan fingerprint density at radius 1 is 1.10 bits per heavy atom. The van der Waals surface area contributed by atoms with Crippen LogP contribution in [0.1, 0.15) is 22.8 Å². The fourth-order valence-corrected chi connectivity index (χ4v) is 3.25. The number of methoxy groups -OCH3 is 1. The highest BCUT2D eigenvalue weighted by Crippen LogP contribution is 2.27. The molecular formula is C23H17N3O3. The number of nitrogens with zero attached hydrogens (tertiary/aromatic N) is 3. The molecular weight excluding hydrogens is 366 g/mol. The van der Waals surface area contributed by atoms with E-state index in [0.29, 0.717) is 16.8 Å². The van der Waals surface area contributed by atoms with E-state index >= 15 is 0 Å². The molecule has 0 aliphatic heterocycles. The number of aromatic nitrogens is 3. The summed E-state index contributed by atoms with van der Waals surface area (Å²) in [6, 6.07) is 14.8. The molecule has 0 aliphatic carbocycles. The predicted molar refractivity (Wildman–Crippen MR) is 110 cm³/mol. The van der Waals surface area contributed by atoms with Crippen molar-refractivity contribution >= 4 is 16.9 Å². The predicted octanol–water partition coefficient (Wildman–Crippen LogP) is 4.17. The van der Waals surface area contributed by atoms with Crippen molar-refractivity contribution in [2.75, 3.05) is 7.11 Å². The molecule has 0 radical (unpaired) electrons.